The van der Waals surface area contributed by atoms with Crippen molar-refractivity contribution in [2.45, 2.75) is 40.0 Å². The summed E-state index contributed by atoms with van der Waals surface area (Å²) in [6.07, 6.45) is 3.40. The van der Waals surface area contributed by atoms with Gasteiger partial charge < -0.3 is 5.32 Å². The van der Waals surface area contributed by atoms with Crippen LogP contribution < -0.4 is 5.32 Å². The zero-order chi connectivity index (χ0) is 12.7. The fourth-order valence-electron chi connectivity index (χ4n) is 1.90. The number of rotatable bonds is 7. The van der Waals surface area contributed by atoms with E-state index in [2.05, 4.69) is 19.2 Å². The van der Waals surface area contributed by atoms with Gasteiger partial charge in [0.2, 0.25) is 0 Å². The second kappa shape index (κ2) is 7.44. The van der Waals surface area contributed by atoms with E-state index in [0.717, 1.165) is 31.5 Å². The lowest BCUT2D eigenvalue weighted by Gasteiger charge is -2.08. The molecule has 0 saturated heterocycles. The van der Waals surface area contributed by atoms with E-state index in [4.69, 9.17) is 0 Å². The third-order valence-electron chi connectivity index (χ3n) is 2.91. The quantitative estimate of drug-likeness (QED) is 0.713. The van der Waals surface area contributed by atoms with Gasteiger partial charge >= 0.3 is 0 Å². The van der Waals surface area contributed by atoms with Crippen LogP contribution in [0.1, 0.15) is 37.8 Å². The molecule has 1 N–H and O–H groups in total. The first-order chi connectivity index (χ1) is 8.09. The van der Waals surface area contributed by atoms with Crippen LogP contribution >= 0.6 is 0 Å². The zero-order valence-corrected chi connectivity index (χ0v) is 11.2. The van der Waals surface area contributed by atoms with Crippen molar-refractivity contribution in [2.24, 2.45) is 5.92 Å². The summed E-state index contributed by atoms with van der Waals surface area (Å²) in [4.78, 5) is 0. The molecule has 0 bridgehead atoms. The molecule has 0 aliphatic rings. The van der Waals surface area contributed by atoms with Crippen LogP contribution in [0, 0.1) is 18.7 Å². The summed E-state index contributed by atoms with van der Waals surface area (Å²) in [5.41, 5.74) is 2.34. The summed E-state index contributed by atoms with van der Waals surface area (Å²) in [5, 5.41) is 3.43. The van der Waals surface area contributed by atoms with E-state index >= 15 is 0 Å². The Morgan fingerprint density at radius 2 is 2.00 bits per heavy atom. The highest BCUT2D eigenvalue weighted by atomic mass is 19.1. The van der Waals surface area contributed by atoms with Crippen LogP contribution in [0.25, 0.3) is 0 Å². The normalized spacial score (nSPS) is 11.1. The molecule has 0 heterocycles. The Hall–Kier alpha value is -0.890. The molecule has 0 saturated carbocycles. The molecule has 1 nitrogen and oxygen atoms in total. The minimum Gasteiger partial charge on any atom is -0.316 e. The van der Waals surface area contributed by atoms with Crippen molar-refractivity contribution in [1.82, 2.24) is 5.32 Å². The smallest absolute Gasteiger partial charge is 0.123 e. The second-order valence-electron chi connectivity index (χ2n) is 5.13. The first-order valence-corrected chi connectivity index (χ1v) is 6.55. The summed E-state index contributed by atoms with van der Waals surface area (Å²) in [5.74, 6) is 0.583. The lowest BCUT2D eigenvalue weighted by Crippen LogP contribution is -2.20. The average molecular weight is 237 g/mol. The molecule has 0 aliphatic carbocycles. The van der Waals surface area contributed by atoms with Crippen molar-refractivity contribution >= 4 is 0 Å². The fraction of sp³-hybridized carbons (Fsp3) is 0.600. The minimum atomic E-state index is -0.134. The van der Waals surface area contributed by atoms with Crippen molar-refractivity contribution in [2.75, 3.05) is 13.1 Å². The second-order valence-corrected chi connectivity index (χ2v) is 5.13. The van der Waals surface area contributed by atoms with Gasteiger partial charge in [-0.2, -0.15) is 0 Å². The van der Waals surface area contributed by atoms with Gasteiger partial charge in [-0.3, -0.25) is 0 Å². The summed E-state index contributed by atoms with van der Waals surface area (Å²) in [6, 6.07) is 5.08. The Balaban J connectivity index is 2.18. The SMILES string of the molecule is Cc1cc(F)ccc1CCCCNCC(C)C. The number of hydrogen-bond donors (Lipinski definition) is 1. The number of benzene rings is 1. The Morgan fingerprint density at radius 1 is 1.24 bits per heavy atom. The van der Waals surface area contributed by atoms with E-state index < -0.39 is 0 Å². The zero-order valence-electron chi connectivity index (χ0n) is 11.2. The van der Waals surface area contributed by atoms with Crippen molar-refractivity contribution < 1.29 is 4.39 Å². The minimum absolute atomic E-state index is 0.134. The summed E-state index contributed by atoms with van der Waals surface area (Å²) >= 11 is 0. The highest BCUT2D eigenvalue weighted by Crippen LogP contribution is 2.12. The number of aryl methyl sites for hydroxylation is 2. The molecule has 1 rings (SSSR count). The van der Waals surface area contributed by atoms with Crippen molar-refractivity contribution in [3.63, 3.8) is 0 Å². The van der Waals surface area contributed by atoms with Gasteiger partial charge in [0.05, 0.1) is 0 Å². The van der Waals surface area contributed by atoms with Gasteiger partial charge in [-0.15, -0.1) is 0 Å². The van der Waals surface area contributed by atoms with E-state index in [0.29, 0.717) is 5.92 Å². The lowest BCUT2D eigenvalue weighted by molar-refractivity contribution is 0.535. The van der Waals surface area contributed by atoms with E-state index in [-0.39, 0.29) is 5.82 Å². The molecular formula is C15H24FN. The third-order valence-corrected chi connectivity index (χ3v) is 2.91. The van der Waals surface area contributed by atoms with E-state index in [1.165, 1.54) is 12.0 Å². The number of hydrogen-bond acceptors (Lipinski definition) is 1. The van der Waals surface area contributed by atoms with Gasteiger partial charge in [-0.1, -0.05) is 19.9 Å². The first-order valence-electron chi connectivity index (χ1n) is 6.55. The topological polar surface area (TPSA) is 12.0 Å². The van der Waals surface area contributed by atoms with Gasteiger partial charge in [0.1, 0.15) is 5.82 Å². The van der Waals surface area contributed by atoms with Gasteiger partial charge in [-0.25, -0.2) is 4.39 Å². The van der Waals surface area contributed by atoms with Gasteiger partial charge in [-0.05, 0) is 68.5 Å². The Kier molecular flexibility index (Phi) is 6.20. The van der Waals surface area contributed by atoms with Crippen LogP contribution in [0.15, 0.2) is 18.2 Å². The summed E-state index contributed by atoms with van der Waals surface area (Å²) in [7, 11) is 0. The third kappa shape index (κ3) is 5.83. The predicted octanol–water partition coefficient (Wildman–Crippen LogP) is 3.70. The fourth-order valence-corrected chi connectivity index (χ4v) is 1.90. The molecule has 0 unspecified atom stereocenters. The molecule has 96 valence electrons. The summed E-state index contributed by atoms with van der Waals surface area (Å²) in [6.45, 7) is 8.59. The molecule has 0 aliphatic heterocycles. The Morgan fingerprint density at radius 3 is 2.65 bits per heavy atom. The molecule has 0 atom stereocenters. The highest BCUT2D eigenvalue weighted by Gasteiger charge is 2.00. The molecule has 0 spiro atoms. The molecule has 0 fully saturated rings. The monoisotopic (exact) mass is 237 g/mol. The largest absolute Gasteiger partial charge is 0.316 e. The molecule has 2 heteroatoms. The highest BCUT2D eigenvalue weighted by molar-refractivity contribution is 5.26. The van der Waals surface area contributed by atoms with Crippen LogP contribution in [0.2, 0.25) is 0 Å². The number of nitrogens with one attached hydrogen (secondary N) is 1. The van der Waals surface area contributed by atoms with E-state index in [1.54, 1.807) is 12.1 Å². The van der Waals surface area contributed by atoms with Crippen LogP contribution in [0.4, 0.5) is 4.39 Å². The maximum atomic E-state index is 12.9. The maximum absolute atomic E-state index is 12.9. The van der Waals surface area contributed by atoms with E-state index in [1.807, 2.05) is 13.0 Å². The molecule has 0 radical (unpaired) electrons. The van der Waals surface area contributed by atoms with Crippen molar-refractivity contribution in [3.8, 4) is 0 Å². The van der Waals surface area contributed by atoms with Crippen LogP contribution in [-0.4, -0.2) is 13.1 Å². The van der Waals surface area contributed by atoms with Gasteiger partial charge in [0.15, 0.2) is 0 Å². The van der Waals surface area contributed by atoms with Gasteiger partial charge in [0, 0.05) is 0 Å². The molecule has 1 aromatic carbocycles. The molecule has 0 amide bonds. The predicted molar refractivity (Wildman–Crippen MR) is 71.8 cm³/mol. The Labute approximate surface area is 104 Å². The molecule has 17 heavy (non-hydrogen) atoms. The molecule has 0 aromatic heterocycles. The number of halogens is 1. The molecular weight excluding hydrogens is 213 g/mol. The molecule has 1 aromatic rings. The van der Waals surface area contributed by atoms with Crippen LogP contribution in [0.5, 0.6) is 0 Å². The first kappa shape index (κ1) is 14.2. The van der Waals surface area contributed by atoms with Crippen LogP contribution in [-0.2, 0) is 6.42 Å². The van der Waals surface area contributed by atoms with E-state index in [9.17, 15) is 4.39 Å². The van der Waals surface area contributed by atoms with Crippen molar-refractivity contribution in [1.29, 1.82) is 0 Å². The average Bonchev–Trinajstić information content (AvgIpc) is 2.25. The standard InChI is InChI=1S/C15H24FN/c1-12(2)11-17-9-5-4-6-14-7-8-15(16)10-13(14)3/h7-8,10,12,17H,4-6,9,11H2,1-3H3. The Bertz CT molecular complexity index is 334. The van der Waals surface area contributed by atoms with Crippen molar-refractivity contribution in [3.05, 3.63) is 35.1 Å². The van der Waals surface area contributed by atoms with Crippen LogP contribution in [0.3, 0.4) is 0 Å². The summed E-state index contributed by atoms with van der Waals surface area (Å²) < 4.78 is 12.9. The lowest BCUT2D eigenvalue weighted by atomic mass is 10.0. The number of unbranched alkanes of at least 4 members (excludes halogenated alkanes) is 1. The van der Waals surface area contributed by atoms with Gasteiger partial charge in [0.25, 0.3) is 0 Å². The maximum Gasteiger partial charge on any atom is 0.123 e.